The van der Waals surface area contributed by atoms with Crippen molar-refractivity contribution >= 4 is 28.9 Å². The van der Waals surface area contributed by atoms with Crippen molar-refractivity contribution in [3.05, 3.63) is 118 Å². The predicted octanol–water partition coefficient (Wildman–Crippen LogP) is 4.00. The van der Waals surface area contributed by atoms with Crippen LogP contribution in [0.15, 0.2) is 85.1 Å². The Bertz CT molecular complexity index is 1750. The van der Waals surface area contributed by atoms with E-state index in [1.165, 1.54) is 23.1 Å². The number of aliphatic hydroxyl groups is 2. The third-order valence-electron chi connectivity index (χ3n) is 7.93. The van der Waals surface area contributed by atoms with Crippen molar-refractivity contribution in [2.75, 3.05) is 23.9 Å². The second-order valence-electron chi connectivity index (χ2n) is 10.9. The number of methoxy groups -OCH3 is 1. The lowest BCUT2D eigenvalue weighted by Gasteiger charge is -2.27. The van der Waals surface area contributed by atoms with Gasteiger partial charge in [-0.2, -0.15) is 0 Å². The van der Waals surface area contributed by atoms with Crippen LogP contribution in [0.5, 0.6) is 5.75 Å². The number of hydrogen-bond donors (Lipinski definition) is 3. The lowest BCUT2D eigenvalue weighted by Crippen LogP contribution is -2.44. The number of non-ortho nitro benzene ring substituents is 1. The Balaban J connectivity index is 1.31. The van der Waals surface area contributed by atoms with E-state index in [0.717, 1.165) is 5.56 Å². The van der Waals surface area contributed by atoms with Gasteiger partial charge < -0.3 is 25.2 Å². The number of carbonyl (C=O) groups is 2. The number of nitro groups is 1. The summed E-state index contributed by atoms with van der Waals surface area (Å²) in [7, 11) is 1.55. The summed E-state index contributed by atoms with van der Waals surface area (Å²) in [6.07, 6.45) is 6.23. The third kappa shape index (κ3) is 6.65. The first kappa shape index (κ1) is 32.0. The van der Waals surface area contributed by atoms with Crippen molar-refractivity contribution in [3.8, 4) is 5.75 Å². The maximum atomic E-state index is 13.9. The molecule has 2 amide bonds. The van der Waals surface area contributed by atoms with Gasteiger partial charge in [-0.15, -0.1) is 5.10 Å². The molecule has 0 saturated heterocycles. The number of nitrogens with zero attached hydrogens (tertiary/aromatic N) is 5. The molecular formula is C33H34N6O7. The van der Waals surface area contributed by atoms with Crippen LogP contribution in [-0.2, 0) is 29.9 Å². The molecule has 46 heavy (non-hydrogen) atoms. The van der Waals surface area contributed by atoms with E-state index < -0.39 is 22.3 Å². The van der Waals surface area contributed by atoms with Gasteiger partial charge in [-0.1, -0.05) is 36.4 Å². The average molecular weight is 627 g/mol. The molecule has 238 valence electrons. The predicted molar refractivity (Wildman–Crippen MR) is 169 cm³/mol. The first-order valence-corrected chi connectivity index (χ1v) is 14.7. The molecule has 0 bridgehead atoms. The van der Waals surface area contributed by atoms with Gasteiger partial charge in [0.25, 0.3) is 17.5 Å². The molecule has 3 N–H and O–H groups in total. The van der Waals surface area contributed by atoms with Crippen molar-refractivity contribution < 1.29 is 29.5 Å². The number of ether oxygens (including phenoxy) is 1. The van der Waals surface area contributed by atoms with Gasteiger partial charge in [-0.25, -0.2) is 0 Å². The lowest BCUT2D eigenvalue weighted by molar-refractivity contribution is -0.385. The minimum atomic E-state index is -2.04. The largest absolute Gasteiger partial charge is 0.497 e. The van der Waals surface area contributed by atoms with E-state index in [2.05, 4.69) is 15.6 Å². The maximum Gasteiger partial charge on any atom is 0.269 e. The van der Waals surface area contributed by atoms with Crippen LogP contribution < -0.4 is 15.0 Å². The SMILES string of the molecule is COc1ccc(C(=O)Nc2ccc(CN3C(=O)[C@](O)([C@H](C)/C=C/CCn4cc(CCO)nn4)c4cc([N+](=O)[O-])ccc43)cc2)cc1. The molecule has 3 aromatic carbocycles. The number of nitro benzene ring substituents is 1. The number of fused-ring (bicyclic) bond motifs is 1. The van der Waals surface area contributed by atoms with E-state index in [1.807, 2.05) is 6.08 Å². The zero-order valence-electron chi connectivity index (χ0n) is 25.4. The van der Waals surface area contributed by atoms with Crippen molar-refractivity contribution in [2.45, 2.75) is 38.5 Å². The number of anilines is 2. The summed E-state index contributed by atoms with van der Waals surface area (Å²) in [5.74, 6) is -0.965. The molecule has 2 atom stereocenters. The van der Waals surface area contributed by atoms with Crippen molar-refractivity contribution in [1.82, 2.24) is 15.0 Å². The smallest absolute Gasteiger partial charge is 0.269 e. The van der Waals surface area contributed by atoms with Gasteiger partial charge >= 0.3 is 0 Å². The molecule has 5 rings (SSSR count). The Hall–Kier alpha value is -5.40. The molecule has 0 unspecified atom stereocenters. The number of benzene rings is 3. The molecule has 2 heterocycles. The number of nitrogens with one attached hydrogen (secondary N) is 1. The fraction of sp³-hybridized carbons (Fsp3) is 0.273. The molecule has 0 radical (unpaired) electrons. The monoisotopic (exact) mass is 626 g/mol. The molecule has 1 aliphatic rings. The van der Waals surface area contributed by atoms with E-state index in [9.17, 15) is 24.8 Å². The third-order valence-corrected chi connectivity index (χ3v) is 7.93. The van der Waals surface area contributed by atoms with E-state index in [4.69, 9.17) is 9.84 Å². The number of aromatic nitrogens is 3. The first-order chi connectivity index (χ1) is 22.1. The highest BCUT2D eigenvalue weighted by molar-refractivity contribution is 6.07. The van der Waals surface area contributed by atoms with Gasteiger partial charge in [-0.05, 0) is 54.4 Å². The van der Waals surface area contributed by atoms with Crippen molar-refractivity contribution in [3.63, 3.8) is 0 Å². The minimum absolute atomic E-state index is 0.0196. The summed E-state index contributed by atoms with van der Waals surface area (Å²) in [4.78, 5) is 39.0. The first-order valence-electron chi connectivity index (χ1n) is 14.7. The topological polar surface area (TPSA) is 173 Å². The summed E-state index contributed by atoms with van der Waals surface area (Å²) in [5, 5.41) is 43.4. The fourth-order valence-corrected chi connectivity index (χ4v) is 5.35. The van der Waals surface area contributed by atoms with Gasteiger partial charge in [0.05, 0.1) is 30.0 Å². The average Bonchev–Trinajstić information content (AvgIpc) is 3.60. The van der Waals surface area contributed by atoms with Crippen LogP contribution in [0, 0.1) is 16.0 Å². The highest BCUT2D eigenvalue weighted by Crippen LogP contribution is 2.47. The van der Waals surface area contributed by atoms with Crippen LogP contribution in [0.3, 0.4) is 0 Å². The minimum Gasteiger partial charge on any atom is -0.497 e. The van der Waals surface area contributed by atoms with Crippen molar-refractivity contribution in [1.29, 1.82) is 0 Å². The van der Waals surface area contributed by atoms with Gasteiger partial charge in [0.1, 0.15) is 5.75 Å². The number of allylic oxidation sites excluding steroid dienone is 1. The molecule has 0 fully saturated rings. The van der Waals surface area contributed by atoms with E-state index in [-0.39, 0.29) is 30.3 Å². The molecule has 1 aromatic heterocycles. The van der Waals surface area contributed by atoms with Gasteiger partial charge in [0.15, 0.2) is 5.60 Å². The number of aliphatic hydroxyl groups excluding tert-OH is 1. The van der Waals surface area contributed by atoms with Crippen LogP contribution in [0.4, 0.5) is 17.1 Å². The number of rotatable bonds is 13. The van der Waals surface area contributed by atoms with Crippen LogP contribution >= 0.6 is 0 Å². The standard InChI is InChI=1S/C33H34N6O7/c1-22(5-3-4-17-37-21-26(16-18-40)35-36-37)33(43)29-19-27(39(44)45)12-15-30(29)38(32(33)42)20-23-6-10-25(11-7-23)34-31(41)24-8-13-28(46-2)14-9-24/h3,5-15,19,21-22,40,43H,4,16-18,20H2,1-2H3,(H,34,41)/b5-3+/t22-,33+/m1/s1. The molecular weight excluding hydrogens is 592 g/mol. The van der Waals surface area contributed by atoms with Crippen LogP contribution in [0.1, 0.15) is 40.5 Å². The highest BCUT2D eigenvalue weighted by atomic mass is 16.6. The molecule has 13 heteroatoms. The van der Waals surface area contributed by atoms with Gasteiger partial charge in [0, 0.05) is 60.6 Å². The Kier molecular flexibility index (Phi) is 9.54. The fourth-order valence-electron chi connectivity index (χ4n) is 5.35. The number of hydrogen-bond acceptors (Lipinski definition) is 9. The van der Waals surface area contributed by atoms with Gasteiger partial charge in [-0.3, -0.25) is 24.4 Å². The molecule has 13 nitrogen and oxygen atoms in total. The second-order valence-corrected chi connectivity index (χ2v) is 10.9. The normalized spacial score (nSPS) is 16.4. The van der Waals surface area contributed by atoms with E-state index in [0.29, 0.717) is 47.8 Å². The maximum absolute atomic E-state index is 13.9. The number of amides is 2. The lowest BCUT2D eigenvalue weighted by atomic mass is 9.82. The zero-order chi connectivity index (χ0) is 32.8. The summed E-state index contributed by atoms with van der Waals surface area (Å²) in [6, 6.07) is 17.7. The van der Waals surface area contributed by atoms with Crippen LogP contribution in [0.2, 0.25) is 0 Å². The molecule has 1 aliphatic heterocycles. The molecule has 0 spiro atoms. The van der Waals surface area contributed by atoms with Gasteiger partial charge in [0.2, 0.25) is 0 Å². The van der Waals surface area contributed by atoms with Crippen LogP contribution in [-0.4, -0.2) is 55.7 Å². The summed E-state index contributed by atoms with van der Waals surface area (Å²) < 4.78 is 6.78. The Labute approximate surface area is 264 Å². The zero-order valence-corrected chi connectivity index (χ0v) is 25.4. The quantitative estimate of drug-likeness (QED) is 0.113. The van der Waals surface area contributed by atoms with E-state index >= 15 is 0 Å². The summed E-state index contributed by atoms with van der Waals surface area (Å²) in [6.45, 7) is 2.26. The Morgan fingerprint density at radius 1 is 1.15 bits per heavy atom. The number of carbonyl (C=O) groups excluding carboxylic acids is 2. The number of aryl methyl sites for hydroxylation is 1. The Morgan fingerprint density at radius 2 is 1.89 bits per heavy atom. The van der Waals surface area contributed by atoms with Crippen LogP contribution in [0.25, 0.3) is 0 Å². The van der Waals surface area contributed by atoms with E-state index in [1.54, 1.807) is 79.5 Å². The molecule has 0 aliphatic carbocycles. The summed E-state index contributed by atoms with van der Waals surface area (Å²) in [5.41, 5.74) is 0.700. The van der Waals surface area contributed by atoms with Crippen molar-refractivity contribution in [2.24, 2.45) is 5.92 Å². The highest BCUT2D eigenvalue weighted by Gasteiger charge is 2.53. The molecule has 0 saturated carbocycles. The molecule has 4 aromatic rings. The summed E-state index contributed by atoms with van der Waals surface area (Å²) >= 11 is 0. The second kappa shape index (κ2) is 13.7. The Morgan fingerprint density at radius 3 is 2.57 bits per heavy atom.